The molecule has 0 N–H and O–H groups in total. The average Bonchev–Trinajstić information content (AvgIpc) is 3.71. The monoisotopic (exact) mass is 665 g/mol. The van der Waals surface area contributed by atoms with Crippen molar-refractivity contribution in [3.63, 3.8) is 0 Å². The molecule has 10 rings (SSSR count). The molecule has 2 nitrogen and oxygen atoms in total. The van der Waals surface area contributed by atoms with Gasteiger partial charge in [-0.15, -0.1) is 0 Å². The summed E-state index contributed by atoms with van der Waals surface area (Å²) in [5.74, 6) is 0. The molecule has 1 aliphatic rings. The maximum atomic E-state index is 6.51. The first-order valence-corrected chi connectivity index (χ1v) is 17.9. The number of hydrogen-bond donors (Lipinski definition) is 0. The molecule has 0 bridgehead atoms. The van der Waals surface area contributed by atoms with Gasteiger partial charge in [-0.05, 0) is 112 Å². The number of hydrogen-bond acceptors (Lipinski definition) is 2. The third kappa shape index (κ3) is 4.80. The predicted molar refractivity (Wildman–Crippen MR) is 217 cm³/mol. The SMILES string of the molecule is CC1(c2ccc3oc4ccc(N(c5ccc(-c6ccccc6)cc5)c5cccc(-c6ccccc6)c5)cc4c3c2)c2ccccc2-c2ccccc21. The smallest absolute Gasteiger partial charge is 0.135 e. The number of fused-ring (bicyclic) bond motifs is 6. The fourth-order valence-corrected chi connectivity index (χ4v) is 8.32. The predicted octanol–water partition coefficient (Wildman–Crippen LogP) is 13.7. The van der Waals surface area contributed by atoms with Gasteiger partial charge in [-0.25, -0.2) is 0 Å². The van der Waals surface area contributed by atoms with Gasteiger partial charge < -0.3 is 9.32 Å². The van der Waals surface area contributed by atoms with Crippen LogP contribution in [-0.4, -0.2) is 0 Å². The molecular formula is C50H35NO. The van der Waals surface area contributed by atoms with Crippen molar-refractivity contribution in [3.05, 3.63) is 211 Å². The van der Waals surface area contributed by atoms with Gasteiger partial charge in [0.15, 0.2) is 0 Å². The Balaban J connectivity index is 1.14. The number of nitrogens with zero attached hydrogens (tertiary/aromatic N) is 1. The van der Waals surface area contributed by atoms with Gasteiger partial charge in [-0.3, -0.25) is 0 Å². The van der Waals surface area contributed by atoms with Crippen molar-refractivity contribution in [1.29, 1.82) is 0 Å². The Kier molecular flexibility index (Phi) is 6.97. The van der Waals surface area contributed by atoms with E-state index in [1.54, 1.807) is 0 Å². The summed E-state index contributed by atoms with van der Waals surface area (Å²) in [7, 11) is 0. The molecule has 0 fully saturated rings. The van der Waals surface area contributed by atoms with Crippen molar-refractivity contribution >= 4 is 39.0 Å². The van der Waals surface area contributed by atoms with Crippen molar-refractivity contribution in [2.24, 2.45) is 0 Å². The lowest BCUT2D eigenvalue weighted by Gasteiger charge is -2.28. The molecule has 0 unspecified atom stereocenters. The first-order valence-electron chi connectivity index (χ1n) is 17.9. The third-order valence-electron chi connectivity index (χ3n) is 11.0. The Morgan fingerprint density at radius 3 is 1.56 bits per heavy atom. The summed E-state index contributed by atoms with van der Waals surface area (Å²) < 4.78 is 6.51. The Labute approximate surface area is 303 Å². The molecule has 0 saturated carbocycles. The van der Waals surface area contributed by atoms with Crippen LogP contribution in [0.25, 0.3) is 55.3 Å². The van der Waals surface area contributed by atoms with Crippen LogP contribution in [0.4, 0.5) is 17.1 Å². The van der Waals surface area contributed by atoms with Crippen LogP contribution >= 0.6 is 0 Å². The molecular weight excluding hydrogens is 631 g/mol. The van der Waals surface area contributed by atoms with Crippen molar-refractivity contribution in [1.82, 2.24) is 0 Å². The van der Waals surface area contributed by atoms with E-state index in [0.29, 0.717) is 0 Å². The van der Waals surface area contributed by atoms with Gasteiger partial charge in [0.05, 0.1) is 0 Å². The average molecular weight is 666 g/mol. The molecule has 0 spiro atoms. The normalized spacial score (nSPS) is 12.9. The molecule has 246 valence electrons. The van der Waals surface area contributed by atoms with E-state index >= 15 is 0 Å². The van der Waals surface area contributed by atoms with Gasteiger partial charge in [-0.1, -0.05) is 140 Å². The van der Waals surface area contributed by atoms with E-state index in [1.165, 1.54) is 50.1 Å². The molecule has 8 aromatic carbocycles. The minimum absolute atomic E-state index is 0.285. The lowest BCUT2D eigenvalue weighted by Crippen LogP contribution is -2.22. The minimum atomic E-state index is -0.285. The van der Waals surface area contributed by atoms with Crippen LogP contribution in [0.15, 0.2) is 199 Å². The van der Waals surface area contributed by atoms with Crippen molar-refractivity contribution in [2.75, 3.05) is 4.90 Å². The highest BCUT2D eigenvalue weighted by atomic mass is 16.3. The number of furan rings is 1. The molecule has 2 heteroatoms. The largest absolute Gasteiger partial charge is 0.456 e. The van der Waals surface area contributed by atoms with E-state index in [9.17, 15) is 0 Å². The van der Waals surface area contributed by atoms with Crippen molar-refractivity contribution < 1.29 is 4.42 Å². The van der Waals surface area contributed by atoms with Gasteiger partial charge in [0.1, 0.15) is 11.2 Å². The second-order valence-electron chi connectivity index (χ2n) is 13.9. The summed E-state index contributed by atoms with van der Waals surface area (Å²) in [6.07, 6.45) is 0. The highest BCUT2D eigenvalue weighted by molar-refractivity contribution is 6.07. The van der Waals surface area contributed by atoms with Gasteiger partial charge in [-0.2, -0.15) is 0 Å². The van der Waals surface area contributed by atoms with Gasteiger partial charge in [0.2, 0.25) is 0 Å². The summed E-state index contributed by atoms with van der Waals surface area (Å²) >= 11 is 0. The molecule has 0 aliphatic heterocycles. The summed E-state index contributed by atoms with van der Waals surface area (Å²) in [5, 5.41) is 2.22. The van der Waals surface area contributed by atoms with E-state index in [-0.39, 0.29) is 5.41 Å². The first-order chi connectivity index (χ1) is 25.6. The van der Waals surface area contributed by atoms with E-state index in [4.69, 9.17) is 4.42 Å². The van der Waals surface area contributed by atoms with Gasteiger partial charge in [0, 0.05) is 33.2 Å². The number of rotatable bonds is 6. The number of anilines is 3. The van der Waals surface area contributed by atoms with Gasteiger partial charge >= 0.3 is 0 Å². The van der Waals surface area contributed by atoms with Crippen LogP contribution in [0.5, 0.6) is 0 Å². The van der Waals surface area contributed by atoms with Crippen LogP contribution in [0.1, 0.15) is 23.6 Å². The van der Waals surface area contributed by atoms with E-state index in [0.717, 1.165) is 39.0 Å². The maximum Gasteiger partial charge on any atom is 0.135 e. The zero-order valence-electron chi connectivity index (χ0n) is 28.8. The van der Waals surface area contributed by atoms with E-state index < -0.39 is 0 Å². The Morgan fingerprint density at radius 1 is 0.385 bits per heavy atom. The Morgan fingerprint density at radius 2 is 0.885 bits per heavy atom. The zero-order valence-corrected chi connectivity index (χ0v) is 28.8. The van der Waals surface area contributed by atoms with Crippen molar-refractivity contribution in [3.8, 4) is 33.4 Å². The maximum absolute atomic E-state index is 6.51. The van der Waals surface area contributed by atoms with Crippen LogP contribution in [0, 0.1) is 0 Å². The van der Waals surface area contributed by atoms with Crippen LogP contribution in [0.3, 0.4) is 0 Å². The lowest BCUT2D eigenvalue weighted by atomic mass is 9.74. The van der Waals surface area contributed by atoms with E-state index in [2.05, 4.69) is 206 Å². The summed E-state index contributed by atoms with van der Waals surface area (Å²) in [4.78, 5) is 2.36. The fourth-order valence-electron chi connectivity index (χ4n) is 8.32. The lowest BCUT2D eigenvalue weighted by molar-refractivity contribution is 0.667. The number of benzene rings is 8. The first kappa shape index (κ1) is 30.2. The molecule has 0 amide bonds. The van der Waals surface area contributed by atoms with Gasteiger partial charge in [0.25, 0.3) is 0 Å². The standard InChI is InChI=1S/C50H35NO/c1-50(46-21-10-8-19-42(46)43-20-9-11-22-47(43)50)38-25-29-48-44(32-38)45-33-41(28-30-49(45)52-48)51(39-26-23-36(24-27-39)34-13-4-2-5-14-34)40-18-12-17-37(31-40)35-15-6-3-7-16-35/h2-33H,1H3. The zero-order chi connectivity index (χ0) is 34.6. The van der Waals surface area contributed by atoms with E-state index in [1.807, 2.05) is 0 Å². The molecule has 1 heterocycles. The summed E-state index contributed by atoms with van der Waals surface area (Å²) in [5.41, 5.74) is 16.1. The van der Waals surface area contributed by atoms with Crippen LogP contribution < -0.4 is 4.90 Å². The third-order valence-corrected chi connectivity index (χ3v) is 11.0. The second-order valence-corrected chi connectivity index (χ2v) is 13.9. The van der Waals surface area contributed by atoms with Crippen molar-refractivity contribution in [2.45, 2.75) is 12.3 Å². The quantitative estimate of drug-likeness (QED) is 0.176. The highest BCUT2D eigenvalue weighted by Gasteiger charge is 2.40. The molecule has 1 aromatic heterocycles. The molecule has 1 aliphatic carbocycles. The Bertz CT molecular complexity index is 2700. The fraction of sp³-hybridized carbons (Fsp3) is 0.0400. The van der Waals surface area contributed by atoms with Crippen LogP contribution in [0.2, 0.25) is 0 Å². The highest BCUT2D eigenvalue weighted by Crippen LogP contribution is 2.53. The van der Waals surface area contributed by atoms with Crippen LogP contribution in [-0.2, 0) is 5.41 Å². The Hall–Kier alpha value is -6.64. The second kappa shape index (κ2) is 12.0. The summed E-state index contributed by atoms with van der Waals surface area (Å²) in [6, 6.07) is 69.9. The minimum Gasteiger partial charge on any atom is -0.456 e. The molecule has 0 atom stereocenters. The molecule has 0 radical (unpaired) electrons. The molecule has 0 saturated heterocycles. The summed E-state index contributed by atoms with van der Waals surface area (Å²) in [6.45, 7) is 2.37. The molecule has 9 aromatic rings. The molecule has 52 heavy (non-hydrogen) atoms. The topological polar surface area (TPSA) is 16.4 Å².